The van der Waals surface area contributed by atoms with Crippen LogP contribution < -0.4 is 19.5 Å². The van der Waals surface area contributed by atoms with E-state index < -0.39 is 10.0 Å². The number of hydrogen-bond donors (Lipinski definition) is 2. The normalized spacial score (nSPS) is 14.9. The monoisotopic (exact) mass is 421 g/mol. The first-order chi connectivity index (χ1) is 12.4. The third-order valence-corrected chi connectivity index (χ3v) is 6.00. The molecule has 1 fully saturated rings. The number of carbonyl (C=O) groups excluding carboxylic acids is 1. The number of halogens is 1. The van der Waals surface area contributed by atoms with Crippen LogP contribution in [0.25, 0.3) is 0 Å². The number of sulfonamides is 1. The van der Waals surface area contributed by atoms with Crippen LogP contribution in [-0.4, -0.2) is 66.2 Å². The molecular weight excluding hydrogens is 394 g/mol. The minimum absolute atomic E-state index is 0. The molecule has 0 unspecified atom stereocenters. The van der Waals surface area contributed by atoms with Gasteiger partial charge in [-0.25, -0.2) is 13.1 Å². The van der Waals surface area contributed by atoms with E-state index in [0.717, 1.165) is 25.9 Å². The van der Waals surface area contributed by atoms with E-state index >= 15 is 0 Å². The first-order valence-corrected chi connectivity index (χ1v) is 10.1. The first-order valence-electron chi connectivity index (χ1n) is 8.57. The lowest BCUT2D eigenvalue weighted by molar-refractivity contribution is -0.132. The van der Waals surface area contributed by atoms with Crippen molar-refractivity contribution in [3.05, 3.63) is 18.2 Å². The number of benzene rings is 1. The second-order valence-corrected chi connectivity index (χ2v) is 7.92. The van der Waals surface area contributed by atoms with Crippen molar-refractivity contribution < 1.29 is 22.7 Å². The molecule has 0 atom stereocenters. The molecule has 154 valence electrons. The Morgan fingerprint density at radius 2 is 1.85 bits per heavy atom. The zero-order valence-corrected chi connectivity index (χ0v) is 17.5. The van der Waals surface area contributed by atoms with Crippen LogP contribution >= 0.6 is 12.4 Å². The third-order valence-electron chi connectivity index (χ3n) is 4.55. The van der Waals surface area contributed by atoms with E-state index in [-0.39, 0.29) is 42.2 Å². The maximum absolute atomic E-state index is 12.4. The number of ether oxygens (including phenoxy) is 2. The van der Waals surface area contributed by atoms with E-state index in [1.54, 1.807) is 11.9 Å². The molecule has 0 radical (unpaired) electrons. The zero-order valence-electron chi connectivity index (χ0n) is 15.9. The van der Waals surface area contributed by atoms with Crippen LogP contribution in [0.2, 0.25) is 0 Å². The number of amides is 1. The van der Waals surface area contributed by atoms with E-state index in [1.807, 2.05) is 0 Å². The van der Waals surface area contributed by atoms with Crippen LogP contribution in [0.4, 0.5) is 0 Å². The Hall–Kier alpha value is -1.55. The summed E-state index contributed by atoms with van der Waals surface area (Å²) >= 11 is 0. The summed E-state index contributed by atoms with van der Waals surface area (Å²) in [6.45, 7) is 1.84. The number of methoxy groups -OCH3 is 2. The van der Waals surface area contributed by atoms with Crippen LogP contribution in [-0.2, 0) is 14.8 Å². The highest BCUT2D eigenvalue weighted by molar-refractivity contribution is 7.89. The second-order valence-electron chi connectivity index (χ2n) is 6.15. The van der Waals surface area contributed by atoms with Crippen LogP contribution in [0.15, 0.2) is 23.1 Å². The van der Waals surface area contributed by atoms with E-state index in [0.29, 0.717) is 11.5 Å². The Morgan fingerprint density at radius 3 is 2.44 bits per heavy atom. The summed E-state index contributed by atoms with van der Waals surface area (Å²) in [5, 5.41) is 3.26. The standard InChI is InChI=1S/C17H27N3O5S.ClH/c1-20(13-6-9-18-10-7-13)17(21)8-11-19-26(22,23)14-4-5-15(24-2)16(12-14)25-3;/h4-5,12-13,18-19H,6-11H2,1-3H3;1H. The first kappa shape index (κ1) is 23.5. The Kier molecular flexibility index (Phi) is 9.31. The molecule has 0 aromatic heterocycles. The van der Waals surface area contributed by atoms with Crippen molar-refractivity contribution in [3.8, 4) is 11.5 Å². The van der Waals surface area contributed by atoms with Gasteiger partial charge in [-0.1, -0.05) is 0 Å². The molecular formula is C17H28ClN3O5S. The fourth-order valence-electron chi connectivity index (χ4n) is 2.93. The summed E-state index contributed by atoms with van der Waals surface area (Å²) in [6.07, 6.45) is 1.95. The lowest BCUT2D eigenvalue weighted by Crippen LogP contribution is -2.44. The van der Waals surface area contributed by atoms with Crippen molar-refractivity contribution in [1.82, 2.24) is 14.9 Å². The summed E-state index contributed by atoms with van der Waals surface area (Å²) in [6, 6.07) is 4.58. The van der Waals surface area contributed by atoms with Crippen molar-refractivity contribution in [2.75, 3.05) is 40.9 Å². The highest BCUT2D eigenvalue weighted by Gasteiger charge is 2.22. The van der Waals surface area contributed by atoms with Gasteiger partial charge in [0.15, 0.2) is 11.5 Å². The molecule has 0 spiro atoms. The van der Waals surface area contributed by atoms with Gasteiger partial charge in [0, 0.05) is 32.1 Å². The van der Waals surface area contributed by atoms with Crippen molar-refractivity contribution in [2.24, 2.45) is 0 Å². The predicted molar refractivity (Wildman–Crippen MR) is 105 cm³/mol. The molecule has 0 aliphatic carbocycles. The van der Waals surface area contributed by atoms with Crippen molar-refractivity contribution in [1.29, 1.82) is 0 Å². The van der Waals surface area contributed by atoms with E-state index in [9.17, 15) is 13.2 Å². The van der Waals surface area contributed by atoms with Gasteiger partial charge in [-0.2, -0.15) is 0 Å². The lowest BCUT2D eigenvalue weighted by atomic mass is 10.1. The fraction of sp³-hybridized carbons (Fsp3) is 0.588. The van der Waals surface area contributed by atoms with Crippen LogP contribution in [0.5, 0.6) is 11.5 Å². The summed E-state index contributed by atoms with van der Waals surface area (Å²) in [5.41, 5.74) is 0. The van der Waals surface area contributed by atoms with E-state index in [2.05, 4.69) is 10.0 Å². The van der Waals surface area contributed by atoms with Crippen molar-refractivity contribution in [2.45, 2.75) is 30.2 Å². The van der Waals surface area contributed by atoms with Gasteiger partial charge < -0.3 is 19.7 Å². The van der Waals surface area contributed by atoms with Gasteiger partial charge in [0.1, 0.15) is 0 Å². The van der Waals surface area contributed by atoms with Gasteiger partial charge in [-0.05, 0) is 38.1 Å². The molecule has 1 aromatic carbocycles. The Bertz CT molecular complexity index is 723. The second kappa shape index (κ2) is 10.7. The lowest BCUT2D eigenvalue weighted by Gasteiger charge is -2.31. The quantitative estimate of drug-likeness (QED) is 0.650. The number of nitrogens with zero attached hydrogens (tertiary/aromatic N) is 1. The maximum atomic E-state index is 12.4. The van der Waals surface area contributed by atoms with Crippen molar-refractivity contribution >= 4 is 28.3 Å². The van der Waals surface area contributed by atoms with Gasteiger partial charge in [0.2, 0.25) is 15.9 Å². The van der Waals surface area contributed by atoms with Crippen LogP contribution in [0.3, 0.4) is 0 Å². The maximum Gasteiger partial charge on any atom is 0.240 e. The average Bonchev–Trinajstić information content (AvgIpc) is 2.67. The molecule has 2 N–H and O–H groups in total. The Morgan fingerprint density at radius 1 is 1.22 bits per heavy atom. The molecule has 1 aliphatic rings. The number of nitrogens with one attached hydrogen (secondary N) is 2. The largest absolute Gasteiger partial charge is 0.493 e. The average molecular weight is 422 g/mol. The highest BCUT2D eigenvalue weighted by atomic mass is 35.5. The van der Waals surface area contributed by atoms with E-state index in [4.69, 9.17) is 9.47 Å². The molecule has 1 aromatic rings. The summed E-state index contributed by atoms with van der Waals surface area (Å²) in [4.78, 5) is 14.1. The van der Waals surface area contributed by atoms with Gasteiger partial charge in [0.25, 0.3) is 0 Å². The molecule has 1 heterocycles. The number of carbonyl (C=O) groups is 1. The molecule has 27 heavy (non-hydrogen) atoms. The predicted octanol–water partition coefficient (Wildman–Crippen LogP) is 1.00. The SMILES string of the molecule is COc1ccc(S(=O)(=O)NCCC(=O)N(C)C2CCNCC2)cc1OC.Cl. The minimum Gasteiger partial charge on any atom is -0.493 e. The molecule has 8 nitrogen and oxygen atoms in total. The molecule has 1 saturated heterocycles. The molecule has 0 saturated carbocycles. The van der Waals surface area contributed by atoms with Gasteiger partial charge >= 0.3 is 0 Å². The van der Waals surface area contributed by atoms with Crippen LogP contribution in [0.1, 0.15) is 19.3 Å². The van der Waals surface area contributed by atoms with E-state index in [1.165, 1.54) is 32.4 Å². The zero-order chi connectivity index (χ0) is 19.2. The fourth-order valence-corrected chi connectivity index (χ4v) is 3.98. The van der Waals surface area contributed by atoms with Gasteiger partial charge in [0.05, 0.1) is 19.1 Å². The molecule has 1 aliphatic heterocycles. The van der Waals surface area contributed by atoms with Crippen molar-refractivity contribution in [3.63, 3.8) is 0 Å². The van der Waals surface area contributed by atoms with Gasteiger partial charge in [-0.15, -0.1) is 12.4 Å². The highest BCUT2D eigenvalue weighted by Crippen LogP contribution is 2.29. The topological polar surface area (TPSA) is 97.0 Å². The summed E-state index contributed by atoms with van der Waals surface area (Å²) in [5.74, 6) is 0.717. The minimum atomic E-state index is -3.73. The number of piperidine rings is 1. The smallest absolute Gasteiger partial charge is 0.240 e. The van der Waals surface area contributed by atoms with Gasteiger partial charge in [-0.3, -0.25) is 4.79 Å². The summed E-state index contributed by atoms with van der Waals surface area (Å²) < 4.78 is 37.5. The van der Waals surface area contributed by atoms with Crippen LogP contribution in [0, 0.1) is 0 Å². The molecule has 0 bridgehead atoms. The molecule has 10 heteroatoms. The number of rotatable bonds is 8. The molecule has 2 rings (SSSR count). The third kappa shape index (κ3) is 6.24. The summed E-state index contributed by atoms with van der Waals surface area (Å²) in [7, 11) is 0.971. The Labute approximate surface area is 167 Å². The Balaban J connectivity index is 0.00000364. The number of hydrogen-bond acceptors (Lipinski definition) is 6. The molecule has 1 amide bonds.